The van der Waals surface area contributed by atoms with Gasteiger partial charge >= 0.3 is 12.7 Å². The second-order valence-electron chi connectivity index (χ2n) is 11.2. The van der Waals surface area contributed by atoms with Crippen molar-refractivity contribution in [2.45, 2.75) is 62.5 Å². The second-order valence-corrected chi connectivity index (χ2v) is 11.2. The zero-order valence-corrected chi connectivity index (χ0v) is 22.9. The summed E-state index contributed by atoms with van der Waals surface area (Å²) >= 11 is 0. The summed E-state index contributed by atoms with van der Waals surface area (Å²) in [5.74, 6) is -4.88. The van der Waals surface area contributed by atoms with Crippen molar-refractivity contribution in [3.63, 3.8) is 0 Å². The summed E-state index contributed by atoms with van der Waals surface area (Å²) in [5.41, 5.74) is 5.36. The van der Waals surface area contributed by atoms with Gasteiger partial charge in [-0.05, 0) is 50.5 Å². The summed E-state index contributed by atoms with van der Waals surface area (Å²) in [6, 6.07) is 3.41. The van der Waals surface area contributed by atoms with Gasteiger partial charge in [0.1, 0.15) is 5.82 Å². The zero-order valence-electron chi connectivity index (χ0n) is 22.9. The van der Waals surface area contributed by atoms with Gasteiger partial charge in [0.15, 0.2) is 17.2 Å². The van der Waals surface area contributed by atoms with Gasteiger partial charge < -0.3 is 30.9 Å². The Bertz CT molecular complexity index is 1770. The maximum Gasteiger partial charge on any atom is 0.387 e. The average molecular weight is 619 g/mol. The largest absolute Gasteiger partial charge is 0.431 e. The van der Waals surface area contributed by atoms with E-state index in [1.165, 1.54) is 29.0 Å². The van der Waals surface area contributed by atoms with Crippen LogP contribution in [0.2, 0.25) is 0 Å². The molecule has 2 bridgehead atoms. The number of pyridine rings is 1. The molecule has 3 aliphatic rings. The molecule has 0 radical (unpaired) electrons. The smallest absolute Gasteiger partial charge is 0.387 e. The first kappa shape index (κ1) is 29.8. The number of halogens is 4. The first-order chi connectivity index (χ1) is 20.6. The maximum absolute atomic E-state index is 14.8. The number of aliphatic hydroxyl groups is 4. The number of ether oxygens (including phenoxy) is 1. The molecule has 7 rings (SSSR count). The number of hydrogen-bond donors (Lipinski definition) is 5. The molecule has 6 N–H and O–H groups in total. The lowest BCUT2D eigenvalue weighted by molar-refractivity contribution is -0.385. The number of nitrogens with two attached hydrogens (primary N) is 1. The number of carbonyl (C=O) groups excluding carboxylic acids is 1. The van der Waals surface area contributed by atoms with Gasteiger partial charge in [-0.2, -0.15) is 13.9 Å². The monoisotopic (exact) mass is 618 g/mol. The predicted molar refractivity (Wildman–Crippen MR) is 142 cm³/mol. The zero-order chi connectivity index (χ0) is 31.7. The standard InChI is InChI=1S/C23H15F4N5O5.C5H11NO/c24-10-5-9(7-28-8-10)14-3-4-31-20(29-14)17-12-6-15(18(17)30-31)32(23(34,35)36)21(33)11-1-2-13(25)19(16(11)12)37-22(26)27;1-5(7)2-4(6)3-5/h1-5,7-8,12,15,22,34-36H,6H2;4,7H,2-3,6H2,1H3. The Morgan fingerprint density at radius 1 is 1.14 bits per heavy atom. The van der Waals surface area contributed by atoms with Gasteiger partial charge in [-0.25, -0.2) is 18.3 Å². The highest BCUT2D eigenvalue weighted by molar-refractivity contribution is 5.98. The first-order valence-electron chi connectivity index (χ1n) is 13.4. The van der Waals surface area contributed by atoms with Crippen LogP contribution in [-0.4, -0.2) is 75.2 Å². The van der Waals surface area contributed by atoms with E-state index in [9.17, 15) is 37.7 Å². The number of alkyl halides is 2. The van der Waals surface area contributed by atoms with E-state index >= 15 is 0 Å². The Labute approximate surface area is 246 Å². The third-order valence-corrected chi connectivity index (χ3v) is 7.86. The van der Waals surface area contributed by atoms with Crippen molar-refractivity contribution in [1.82, 2.24) is 24.5 Å². The summed E-state index contributed by atoms with van der Waals surface area (Å²) in [7, 11) is 0. The van der Waals surface area contributed by atoms with Crippen molar-refractivity contribution in [3.8, 4) is 17.0 Å². The number of fused-ring (bicyclic) bond motifs is 9. The van der Waals surface area contributed by atoms with Crippen LogP contribution in [-0.2, 0) is 0 Å². The van der Waals surface area contributed by atoms with Crippen molar-refractivity contribution >= 4 is 11.6 Å². The maximum atomic E-state index is 14.8. The molecule has 4 aromatic rings. The number of rotatable bonds is 4. The van der Waals surface area contributed by atoms with Crippen molar-refractivity contribution in [1.29, 1.82) is 0 Å². The van der Waals surface area contributed by atoms with Crippen LogP contribution in [0.25, 0.3) is 16.9 Å². The van der Waals surface area contributed by atoms with Crippen LogP contribution in [0, 0.1) is 11.6 Å². The fraction of sp³-hybridized carbons (Fsp3) is 0.357. The van der Waals surface area contributed by atoms with Crippen molar-refractivity contribution in [2.24, 2.45) is 5.73 Å². The molecule has 1 amide bonds. The minimum Gasteiger partial charge on any atom is -0.431 e. The molecular formula is C28H26F4N6O6. The van der Waals surface area contributed by atoms with Crippen LogP contribution in [0.1, 0.15) is 65.3 Å². The molecular weight excluding hydrogens is 592 g/mol. The molecule has 3 aromatic heterocycles. The number of hydrogen-bond acceptors (Lipinski definition) is 10. The van der Waals surface area contributed by atoms with Gasteiger partial charge in [-0.15, -0.1) is 0 Å². The second kappa shape index (κ2) is 10.4. The van der Waals surface area contributed by atoms with E-state index < -0.39 is 53.6 Å². The Balaban J connectivity index is 0.000000433. The average Bonchev–Trinajstić information content (AvgIpc) is 3.41. The minimum atomic E-state index is -3.67. The van der Waals surface area contributed by atoms with Crippen LogP contribution < -0.4 is 10.5 Å². The highest BCUT2D eigenvalue weighted by Crippen LogP contribution is 2.55. The minimum absolute atomic E-state index is 0.0693. The van der Waals surface area contributed by atoms with Gasteiger partial charge in [-0.1, -0.05) is 0 Å². The SMILES string of the molecule is CC1(O)CC(N)C1.O=C1c2ccc(F)c(OC(F)F)c2C2CC(c3nn4ccc(-c5cncc(F)c5)nc4c32)N1C(O)(O)O. The topological polar surface area (TPSA) is 180 Å². The highest BCUT2D eigenvalue weighted by Gasteiger charge is 2.53. The summed E-state index contributed by atoms with van der Waals surface area (Å²) in [6.45, 7) is -1.62. The van der Waals surface area contributed by atoms with Gasteiger partial charge in [0.25, 0.3) is 5.91 Å². The molecule has 16 heteroatoms. The number of amides is 1. The lowest BCUT2D eigenvalue weighted by Crippen LogP contribution is -2.53. The number of carbonyl (C=O) groups is 1. The van der Waals surface area contributed by atoms with E-state index in [2.05, 4.69) is 19.8 Å². The van der Waals surface area contributed by atoms with E-state index in [1.807, 2.05) is 6.92 Å². The highest BCUT2D eigenvalue weighted by atomic mass is 19.3. The van der Waals surface area contributed by atoms with E-state index in [1.54, 1.807) is 0 Å². The van der Waals surface area contributed by atoms with Crippen molar-refractivity contribution in [3.05, 3.63) is 76.9 Å². The molecule has 232 valence electrons. The quantitative estimate of drug-likeness (QED) is 0.168. The molecule has 12 nitrogen and oxygen atoms in total. The summed E-state index contributed by atoms with van der Waals surface area (Å²) in [6.07, 6.45) is 1.53. The van der Waals surface area contributed by atoms with E-state index in [0.717, 1.165) is 31.2 Å². The van der Waals surface area contributed by atoms with Crippen LogP contribution in [0.4, 0.5) is 17.6 Å². The summed E-state index contributed by atoms with van der Waals surface area (Å²) in [5, 5.41) is 43.6. The molecule has 1 fully saturated rings. The molecule has 2 unspecified atom stereocenters. The lowest BCUT2D eigenvalue weighted by Gasteiger charge is -2.38. The molecule has 2 aliphatic carbocycles. The van der Waals surface area contributed by atoms with E-state index in [4.69, 9.17) is 10.8 Å². The molecule has 1 aromatic carbocycles. The molecule has 44 heavy (non-hydrogen) atoms. The number of benzene rings is 1. The van der Waals surface area contributed by atoms with Gasteiger partial charge in [0.05, 0.1) is 29.2 Å². The summed E-state index contributed by atoms with van der Waals surface area (Å²) < 4.78 is 60.8. The Morgan fingerprint density at radius 2 is 1.86 bits per heavy atom. The number of aromatic nitrogens is 4. The fourth-order valence-electron chi connectivity index (χ4n) is 6.20. The lowest BCUT2D eigenvalue weighted by atomic mass is 9.78. The summed E-state index contributed by atoms with van der Waals surface area (Å²) in [4.78, 5) is 21.9. The number of nitrogens with zero attached hydrogens (tertiary/aromatic N) is 5. The molecule has 2 atom stereocenters. The Morgan fingerprint density at radius 3 is 2.45 bits per heavy atom. The molecule has 4 heterocycles. The normalized spacial score (nSPS) is 23.9. The molecule has 0 saturated heterocycles. The third-order valence-electron chi connectivity index (χ3n) is 7.86. The van der Waals surface area contributed by atoms with Gasteiger partial charge in [-0.3, -0.25) is 14.7 Å². The first-order valence-corrected chi connectivity index (χ1v) is 13.4. The van der Waals surface area contributed by atoms with Crippen LogP contribution in [0.5, 0.6) is 5.75 Å². The van der Waals surface area contributed by atoms with Crippen molar-refractivity contribution in [2.75, 3.05) is 0 Å². The van der Waals surface area contributed by atoms with Crippen LogP contribution in [0.3, 0.4) is 0 Å². The fourth-order valence-corrected chi connectivity index (χ4v) is 6.20. The third kappa shape index (κ3) is 5.13. The Kier molecular flexibility index (Phi) is 7.09. The van der Waals surface area contributed by atoms with Gasteiger partial charge in [0.2, 0.25) is 0 Å². The van der Waals surface area contributed by atoms with Crippen LogP contribution in [0.15, 0.2) is 42.9 Å². The van der Waals surface area contributed by atoms with Gasteiger partial charge in [0, 0.05) is 46.6 Å². The Hall–Kier alpha value is -4.22. The van der Waals surface area contributed by atoms with Crippen molar-refractivity contribution < 1.29 is 47.5 Å². The van der Waals surface area contributed by atoms with E-state index in [-0.39, 0.29) is 46.2 Å². The molecule has 1 saturated carbocycles. The molecule has 1 aliphatic heterocycles. The van der Waals surface area contributed by atoms with Crippen LogP contribution >= 0.6 is 0 Å². The van der Waals surface area contributed by atoms with E-state index in [0.29, 0.717) is 10.5 Å². The molecule has 0 spiro atoms. The predicted octanol–water partition coefficient (Wildman–Crippen LogP) is 2.15.